The molecule has 0 amide bonds. The number of rotatable bonds is 14. The molecule has 1 aliphatic carbocycles. The van der Waals surface area contributed by atoms with Gasteiger partial charge in [0.25, 0.3) is 0 Å². The van der Waals surface area contributed by atoms with E-state index >= 15 is 0 Å². The Morgan fingerprint density at radius 3 is 2.14 bits per heavy atom. The summed E-state index contributed by atoms with van der Waals surface area (Å²) in [5.41, 5.74) is 1.99. The van der Waals surface area contributed by atoms with Crippen molar-refractivity contribution in [3.05, 3.63) is 78.6 Å². The van der Waals surface area contributed by atoms with Crippen LogP contribution in [0.25, 0.3) is 32.7 Å². The molecule has 1 fully saturated rings. The summed E-state index contributed by atoms with van der Waals surface area (Å²) in [7, 11) is -4.43. The number of imidazole rings is 1. The minimum Gasteiger partial charge on any atom is -0.472 e. The van der Waals surface area contributed by atoms with Crippen LogP contribution in [0.4, 0.5) is 5.95 Å². The Morgan fingerprint density at radius 1 is 0.848 bits per heavy atom. The molecular weight excluding hydrogens is 875 g/mol. The third-order valence-corrected chi connectivity index (χ3v) is 22.6. The van der Waals surface area contributed by atoms with E-state index in [2.05, 4.69) is 79.6 Å². The molecule has 7 rings (SSSR count). The zero-order valence-corrected chi connectivity index (χ0v) is 42.5. The van der Waals surface area contributed by atoms with Gasteiger partial charge in [0.15, 0.2) is 46.1 Å². The van der Waals surface area contributed by atoms with Crippen LogP contribution in [-0.4, -0.2) is 91.7 Å². The second-order valence-corrected chi connectivity index (χ2v) is 29.9. The molecule has 0 unspecified atom stereocenters. The predicted molar refractivity (Wildman–Crippen MR) is 258 cm³/mol. The van der Waals surface area contributed by atoms with Gasteiger partial charge in [0, 0.05) is 32.8 Å². The zero-order chi connectivity index (χ0) is 48.1. The molecule has 5 aromatic rings. The number of anilines is 1. The highest BCUT2D eigenvalue weighted by Gasteiger charge is 2.51. The van der Waals surface area contributed by atoms with Crippen LogP contribution in [0.15, 0.2) is 67.5 Å². The molecule has 0 saturated carbocycles. The Bertz CT molecular complexity index is 2650. The zero-order valence-electron chi connectivity index (χ0n) is 40.5. The Hall–Kier alpha value is -5.21. The Morgan fingerprint density at radius 2 is 1.48 bits per heavy atom. The van der Waals surface area contributed by atoms with Crippen molar-refractivity contribution in [2.45, 2.75) is 148 Å². The second-order valence-electron chi connectivity index (χ2n) is 20.4. The Kier molecular flexibility index (Phi) is 13.6. The minimum atomic E-state index is -2.27. The maximum Gasteiger partial charge on any atom is 0.303 e. The van der Waals surface area contributed by atoms with Crippen molar-refractivity contribution in [2.75, 3.05) is 18.5 Å². The first-order valence-electron chi connectivity index (χ1n) is 22.6. The monoisotopic (exact) mass is 939 g/mol. The fourth-order valence-electron chi connectivity index (χ4n) is 8.29. The maximum absolute atomic E-state index is 13.1. The highest BCUT2D eigenvalue weighted by atomic mass is 28.4. The van der Waals surface area contributed by atoms with Gasteiger partial charge in [-0.2, -0.15) is 9.97 Å². The molecule has 0 bridgehead atoms. The molecule has 66 heavy (non-hydrogen) atoms. The third-order valence-electron chi connectivity index (χ3n) is 13.6. The number of hydrogen-bond donors (Lipinski definition) is 1. The molecule has 1 aliphatic heterocycles. The summed E-state index contributed by atoms with van der Waals surface area (Å²) >= 11 is 0. The van der Waals surface area contributed by atoms with E-state index in [0.717, 1.165) is 21.5 Å². The van der Waals surface area contributed by atoms with E-state index in [4.69, 9.17) is 47.5 Å². The van der Waals surface area contributed by atoms with Crippen LogP contribution < -0.4 is 10.1 Å². The molecule has 0 radical (unpaired) electrons. The number of nitrogens with zero attached hydrogens (tertiary/aromatic N) is 4. The summed E-state index contributed by atoms with van der Waals surface area (Å²) in [6.07, 6.45) is -1.07. The van der Waals surface area contributed by atoms with Crippen LogP contribution in [0.2, 0.25) is 36.3 Å². The number of aromatic nitrogens is 4. The van der Waals surface area contributed by atoms with E-state index in [1.165, 1.54) is 20.8 Å². The Labute approximate surface area is 389 Å². The number of nitrogens with one attached hydrogen (secondary N) is 1. The van der Waals surface area contributed by atoms with Crippen molar-refractivity contribution >= 4 is 73.2 Å². The molecule has 17 heteroatoms. The van der Waals surface area contributed by atoms with E-state index in [-0.39, 0.29) is 40.7 Å². The van der Waals surface area contributed by atoms with Crippen LogP contribution in [0.5, 0.6) is 5.88 Å². The van der Waals surface area contributed by atoms with Crippen molar-refractivity contribution < 1.29 is 46.9 Å². The normalized spacial score (nSPS) is 22.5. The van der Waals surface area contributed by atoms with E-state index in [0.29, 0.717) is 35.3 Å². The van der Waals surface area contributed by atoms with Gasteiger partial charge in [-0.15, -0.1) is 0 Å². The summed E-state index contributed by atoms with van der Waals surface area (Å²) < 4.78 is 46.9. The fourth-order valence-corrected chi connectivity index (χ4v) is 10.7. The molecule has 15 nitrogen and oxygen atoms in total. The number of fused-ring (bicyclic) bond motifs is 6. The lowest BCUT2D eigenvalue weighted by Gasteiger charge is -2.42. The molecule has 7 atom stereocenters. The van der Waals surface area contributed by atoms with Gasteiger partial charge < -0.3 is 37.9 Å². The van der Waals surface area contributed by atoms with Crippen LogP contribution in [-0.2, 0) is 42.2 Å². The minimum absolute atomic E-state index is 0.00419. The molecule has 0 spiro atoms. The first-order chi connectivity index (χ1) is 30.9. The molecule has 354 valence electrons. The summed E-state index contributed by atoms with van der Waals surface area (Å²) in [6, 6.07) is 14.7. The van der Waals surface area contributed by atoms with E-state index in [9.17, 15) is 14.4 Å². The van der Waals surface area contributed by atoms with Gasteiger partial charge in [-0.1, -0.05) is 103 Å². The first-order valence-corrected chi connectivity index (χ1v) is 28.4. The van der Waals surface area contributed by atoms with Crippen LogP contribution >= 0.6 is 0 Å². The SMILES string of the molecule is C=CCOc1nc(N[C@@H]2c3c(ccc4ccc5ccccc5c34)[C@@H](OC(C)=O)[C@H](OC(C)=O)[C@H]2OC(C)=O)nc2c1ncn2[C@H]1C[C@H](O[Si](C)(C)C(C)(C)C)[C@@H](CO[Si](C)(C)C(C)(C)C)O1. The summed E-state index contributed by atoms with van der Waals surface area (Å²) in [5, 5.41) is 6.99. The van der Waals surface area contributed by atoms with Crippen molar-refractivity contribution in [1.82, 2.24) is 19.5 Å². The lowest BCUT2D eigenvalue weighted by Crippen LogP contribution is -2.50. The van der Waals surface area contributed by atoms with Crippen molar-refractivity contribution in [3.8, 4) is 5.88 Å². The molecule has 3 heterocycles. The van der Waals surface area contributed by atoms with Gasteiger partial charge in [-0.25, -0.2) is 4.98 Å². The maximum atomic E-state index is 13.1. The van der Waals surface area contributed by atoms with Crippen LogP contribution in [0.1, 0.15) is 98.2 Å². The number of benzene rings is 3. The van der Waals surface area contributed by atoms with Crippen molar-refractivity contribution in [3.63, 3.8) is 0 Å². The van der Waals surface area contributed by atoms with E-state index in [1.54, 1.807) is 12.4 Å². The van der Waals surface area contributed by atoms with Crippen molar-refractivity contribution in [1.29, 1.82) is 0 Å². The first kappa shape index (κ1) is 48.7. The molecule has 2 aliphatic rings. The number of carbonyl (C=O) groups excluding carboxylic acids is 3. The molecule has 1 N–H and O–H groups in total. The highest BCUT2D eigenvalue weighted by Crippen LogP contribution is 2.49. The lowest BCUT2D eigenvalue weighted by molar-refractivity contribution is -0.187. The topological polar surface area (TPSA) is 171 Å². The average molecular weight is 940 g/mol. The quantitative estimate of drug-likeness (QED) is 0.0367. The summed E-state index contributed by atoms with van der Waals surface area (Å²) in [5.74, 6) is -1.66. The fraction of sp³-hybridized carbons (Fsp3) is 0.510. The van der Waals surface area contributed by atoms with Gasteiger partial charge in [0.05, 0.1) is 25.1 Å². The van der Waals surface area contributed by atoms with Crippen molar-refractivity contribution in [2.24, 2.45) is 0 Å². The highest BCUT2D eigenvalue weighted by molar-refractivity contribution is 6.74. The van der Waals surface area contributed by atoms with Gasteiger partial charge >= 0.3 is 17.9 Å². The molecule has 2 aromatic heterocycles. The molecule has 1 saturated heterocycles. The molecular formula is C49H65N5O10Si2. The van der Waals surface area contributed by atoms with E-state index < -0.39 is 65.1 Å². The van der Waals surface area contributed by atoms with E-state index in [1.807, 2.05) is 53.1 Å². The number of esters is 3. The standard InChI is InChI=1S/C49H65N5O10Si2/c1-15-24-58-46-41-45(54(27-50-41)37-25-35(64-66(13,14)49(8,9)10)36(63-37)26-59-65(11,12)48(5,6)7)52-47(53-46)51-40-39-34(23-22-32-21-20-31-18-16-17-19-33(31)38(32)39)42(60-28(2)55)44(62-30(4)57)43(40)61-29(3)56/h15-23,27,35-37,40,42-44H,1,24-26H2,2-14H3,(H,51,52,53)/t35-,36+,37+,40+,42+,43-,44-/m0/s1. The summed E-state index contributed by atoms with van der Waals surface area (Å²) in [6.45, 7) is 30.4. The summed E-state index contributed by atoms with van der Waals surface area (Å²) in [4.78, 5) is 53.5. The number of carbonyl (C=O) groups is 3. The molecule has 3 aromatic carbocycles. The predicted octanol–water partition coefficient (Wildman–Crippen LogP) is 10.0. The van der Waals surface area contributed by atoms with Gasteiger partial charge in [-0.05, 0) is 63.4 Å². The largest absolute Gasteiger partial charge is 0.472 e. The van der Waals surface area contributed by atoms with Crippen LogP contribution in [0, 0.1) is 0 Å². The average Bonchev–Trinajstić information content (AvgIpc) is 3.83. The van der Waals surface area contributed by atoms with Gasteiger partial charge in [0.1, 0.15) is 18.9 Å². The number of ether oxygens (including phenoxy) is 5. The van der Waals surface area contributed by atoms with Gasteiger partial charge in [-0.3, -0.25) is 19.0 Å². The smallest absolute Gasteiger partial charge is 0.303 e. The van der Waals surface area contributed by atoms with Crippen LogP contribution in [0.3, 0.4) is 0 Å². The number of hydrogen-bond acceptors (Lipinski definition) is 14. The third kappa shape index (κ3) is 9.77. The Balaban J connectivity index is 1.39. The second kappa shape index (κ2) is 18.5. The van der Waals surface area contributed by atoms with Gasteiger partial charge in [0.2, 0.25) is 11.8 Å². The lowest BCUT2D eigenvalue weighted by atomic mass is 9.77.